The number of para-hydroxylation sites is 2. The second kappa shape index (κ2) is 7.96. The highest BCUT2D eigenvalue weighted by Crippen LogP contribution is 2.43. The number of benzene rings is 3. The molecule has 1 atom stereocenters. The lowest BCUT2D eigenvalue weighted by Crippen LogP contribution is -2.19. The van der Waals surface area contributed by atoms with Crippen LogP contribution in [0.1, 0.15) is 22.7 Å². The summed E-state index contributed by atoms with van der Waals surface area (Å²) in [6.07, 6.45) is 2.20. The van der Waals surface area contributed by atoms with Crippen molar-refractivity contribution in [3.8, 4) is 17.2 Å². The fraction of sp³-hybridized carbons (Fsp3) is 0.192. The molecule has 1 aromatic heterocycles. The van der Waals surface area contributed by atoms with Gasteiger partial charge >= 0.3 is 0 Å². The molecule has 0 radical (unpaired) electrons. The third-order valence-electron chi connectivity index (χ3n) is 5.86. The van der Waals surface area contributed by atoms with E-state index >= 15 is 0 Å². The van der Waals surface area contributed by atoms with Gasteiger partial charge in [0, 0.05) is 17.3 Å². The van der Waals surface area contributed by atoms with Crippen molar-refractivity contribution in [3.63, 3.8) is 0 Å². The normalized spacial score (nSPS) is 15.0. The number of anilines is 1. The number of aromatic nitrogens is 2. The number of methoxy groups -OCH3 is 3. The van der Waals surface area contributed by atoms with Gasteiger partial charge in [0.25, 0.3) is 0 Å². The van der Waals surface area contributed by atoms with E-state index in [0.717, 1.165) is 39.6 Å². The summed E-state index contributed by atoms with van der Waals surface area (Å²) in [6, 6.07) is 20.3. The van der Waals surface area contributed by atoms with Crippen LogP contribution in [0.4, 0.5) is 5.95 Å². The zero-order valence-electron chi connectivity index (χ0n) is 18.5. The molecule has 1 aliphatic heterocycles. The van der Waals surface area contributed by atoms with E-state index in [0.29, 0.717) is 11.5 Å². The maximum atomic E-state index is 5.78. The number of aryl methyl sites for hydroxylation is 1. The molecule has 3 aromatic carbocycles. The van der Waals surface area contributed by atoms with Crippen molar-refractivity contribution in [1.29, 1.82) is 0 Å². The number of hydrogen-bond acceptors (Lipinski definition) is 5. The minimum Gasteiger partial charge on any atom is -0.496 e. The predicted molar refractivity (Wildman–Crippen MR) is 127 cm³/mol. The largest absolute Gasteiger partial charge is 0.496 e. The van der Waals surface area contributed by atoms with Crippen molar-refractivity contribution in [2.45, 2.75) is 13.0 Å². The highest BCUT2D eigenvalue weighted by molar-refractivity contribution is 5.86. The first-order valence-electron chi connectivity index (χ1n) is 10.5. The number of hydrogen-bond donors (Lipinski definition) is 1. The van der Waals surface area contributed by atoms with Gasteiger partial charge in [-0.3, -0.25) is 4.57 Å². The summed E-state index contributed by atoms with van der Waals surface area (Å²) in [5.41, 5.74) is 6.23. The zero-order valence-corrected chi connectivity index (χ0v) is 18.5. The van der Waals surface area contributed by atoms with E-state index in [9.17, 15) is 0 Å². The molecule has 6 heteroatoms. The first-order valence-corrected chi connectivity index (χ1v) is 10.5. The van der Waals surface area contributed by atoms with Crippen LogP contribution >= 0.6 is 0 Å². The molecule has 0 fully saturated rings. The van der Waals surface area contributed by atoms with Crippen LogP contribution in [0.25, 0.3) is 16.7 Å². The van der Waals surface area contributed by atoms with Crippen LogP contribution in [-0.2, 0) is 0 Å². The Morgan fingerprint density at radius 1 is 0.844 bits per heavy atom. The van der Waals surface area contributed by atoms with Crippen molar-refractivity contribution >= 4 is 22.7 Å². The summed E-state index contributed by atoms with van der Waals surface area (Å²) in [4.78, 5) is 4.87. The predicted octanol–water partition coefficient (Wildman–Crippen LogP) is 5.43. The first kappa shape index (κ1) is 20.0. The summed E-state index contributed by atoms with van der Waals surface area (Å²) >= 11 is 0. The molecule has 6 nitrogen and oxygen atoms in total. The van der Waals surface area contributed by atoms with Crippen LogP contribution in [0.15, 0.2) is 66.7 Å². The Hall–Kier alpha value is -3.93. The lowest BCUT2D eigenvalue weighted by molar-refractivity contribution is 0.346. The van der Waals surface area contributed by atoms with E-state index in [2.05, 4.69) is 53.2 Å². The van der Waals surface area contributed by atoms with Gasteiger partial charge in [-0.2, -0.15) is 0 Å². The highest BCUT2D eigenvalue weighted by Gasteiger charge is 2.28. The molecular weight excluding hydrogens is 402 g/mol. The zero-order chi connectivity index (χ0) is 22.2. The van der Waals surface area contributed by atoms with E-state index in [4.69, 9.17) is 19.2 Å². The third-order valence-corrected chi connectivity index (χ3v) is 5.86. The van der Waals surface area contributed by atoms with Crippen molar-refractivity contribution in [2.75, 3.05) is 26.6 Å². The van der Waals surface area contributed by atoms with Crippen LogP contribution in [0, 0.1) is 6.92 Å². The molecule has 1 N–H and O–H groups in total. The molecule has 0 aliphatic carbocycles. The first-order chi connectivity index (χ1) is 15.6. The molecule has 5 rings (SSSR count). The maximum Gasteiger partial charge on any atom is 0.209 e. The Balaban J connectivity index is 1.76. The van der Waals surface area contributed by atoms with E-state index in [1.165, 1.54) is 5.56 Å². The minimum atomic E-state index is -0.162. The average Bonchev–Trinajstić information content (AvgIpc) is 3.21. The van der Waals surface area contributed by atoms with E-state index in [1.807, 2.05) is 30.3 Å². The topological polar surface area (TPSA) is 57.5 Å². The SMILES string of the molecule is COc1cc(OC)c(C2C=C(c3ccc(C)cc3)Nc3nc4ccccc4n32)cc1OC. The molecule has 2 heterocycles. The van der Waals surface area contributed by atoms with Crippen LogP contribution in [0.2, 0.25) is 0 Å². The monoisotopic (exact) mass is 427 g/mol. The highest BCUT2D eigenvalue weighted by atomic mass is 16.5. The van der Waals surface area contributed by atoms with Gasteiger partial charge in [0.1, 0.15) is 5.75 Å². The summed E-state index contributed by atoms with van der Waals surface area (Å²) in [5, 5.41) is 3.53. The average molecular weight is 428 g/mol. The standard InChI is InChI=1S/C26H25N3O3/c1-16-9-11-17(12-10-16)20-14-22(18-13-24(31-3)25(32-4)15-23(18)30-2)29-21-8-6-5-7-19(21)27-26(29)28-20/h5-15,22H,1-4H3,(H,27,28). The lowest BCUT2D eigenvalue weighted by atomic mass is 9.99. The van der Waals surface area contributed by atoms with Gasteiger partial charge in [0.15, 0.2) is 11.5 Å². The van der Waals surface area contributed by atoms with Crippen molar-refractivity contribution in [2.24, 2.45) is 0 Å². The molecule has 0 amide bonds. The fourth-order valence-corrected chi connectivity index (χ4v) is 4.22. The van der Waals surface area contributed by atoms with Gasteiger partial charge < -0.3 is 19.5 Å². The summed E-state index contributed by atoms with van der Waals surface area (Å²) in [6.45, 7) is 2.09. The molecule has 1 aliphatic rings. The number of imidazole rings is 1. The lowest BCUT2D eigenvalue weighted by Gasteiger charge is -2.28. The summed E-state index contributed by atoms with van der Waals surface area (Å²) in [7, 11) is 4.93. The van der Waals surface area contributed by atoms with E-state index < -0.39 is 0 Å². The number of allylic oxidation sites excluding steroid dienone is 1. The Bertz CT molecular complexity index is 1320. The Labute approximate surface area is 187 Å². The third kappa shape index (κ3) is 3.24. The molecule has 1 unspecified atom stereocenters. The van der Waals surface area contributed by atoms with Gasteiger partial charge in [-0.05, 0) is 36.8 Å². The molecule has 32 heavy (non-hydrogen) atoms. The molecular formula is C26H25N3O3. The molecule has 0 bridgehead atoms. The molecule has 162 valence electrons. The number of rotatable bonds is 5. The van der Waals surface area contributed by atoms with Gasteiger partial charge in [-0.25, -0.2) is 4.98 Å². The molecule has 0 spiro atoms. The maximum absolute atomic E-state index is 5.78. The number of fused-ring (bicyclic) bond motifs is 3. The summed E-state index contributed by atoms with van der Waals surface area (Å²) < 4.78 is 19.1. The Kier molecular flexibility index (Phi) is 4.98. The number of ether oxygens (including phenoxy) is 3. The van der Waals surface area contributed by atoms with E-state index in [-0.39, 0.29) is 6.04 Å². The van der Waals surface area contributed by atoms with Gasteiger partial charge in [0.2, 0.25) is 5.95 Å². The van der Waals surface area contributed by atoms with Crippen LogP contribution in [0.3, 0.4) is 0 Å². The number of nitrogens with one attached hydrogen (secondary N) is 1. The smallest absolute Gasteiger partial charge is 0.209 e. The van der Waals surface area contributed by atoms with Crippen LogP contribution < -0.4 is 19.5 Å². The molecule has 0 saturated carbocycles. The Morgan fingerprint density at radius 2 is 1.53 bits per heavy atom. The van der Waals surface area contributed by atoms with Gasteiger partial charge in [0.05, 0.1) is 38.4 Å². The fourth-order valence-electron chi connectivity index (χ4n) is 4.22. The Morgan fingerprint density at radius 3 is 2.25 bits per heavy atom. The van der Waals surface area contributed by atoms with E-state index in [1.54, 1.807) is 21.3 Å². The minimum absolute atomic E-state index is 0.162. The van der Waals surface area contributed by atoms with Crippen molar-refractivity contribution in [3.05, 3.63) is 83.4 Å². The second-order valence-electron chi connectivity index (χ2n) is 7.76. The van der Waals surface area contributed by atoms with Gasteiger partial charge in [-0.15, -0.1) is 0 Å². The second-order valence-corrected chi connectivity index (χ2v) is 7.76. The summed E-state index contributed by atoms with van der Waals surface area (Å²) in [5.74, 6) is 2.78. The van der Waals surface area contributed by atoms with Crippen molar-refractivity contribution in [1.82, 2.24) is 9.55 Å². The molecule has 0 saturated heterocycles. The van der Waals surface area contributed by atoms with Gasteiger partial charge in [-0.1, -0.05) is 42.0 Å². The molecule has 4 aromatic rings. The van der Waals surface area contributed by atoms with Crippen LogP contribution in [-0.4, -0.2) is 30.9 Å². The van der Waals surface area contributed by atoms with Crippen molar-refractivity contribution < 1.29 is 14.2 Å². The van der Waals surface area contributed by atoms with Crippen LogP contribution in [0.5, 0.6) is 17.2 Å². The number of nitrogens with zero attached hydrogens (tertiary/aromatic N) is 2. The quantitative estimate of drug-likeness (QED) is 0.460.